The summed E-state index contributed by atoms with van der Waals surface area (Å²) in [5.41, 5.74) is 1.83. The van der Waals surface area contributed by atoms with E-state index >= 15 is 0 Å². The van der Waals surface area contributed by atoms with Gasteiger partial charge in [0, 0.05) is 6.42 Å². The molecule has 4 rings (SSSR count). The zero-order valence-corrected chi connectivity index (χ0v) is 20.0. The van der Waals surface area contributed by atoms with Gasteiger partial charge in [-0.2, -0.15) is 0 Å². The predicted octanol–water partition coefficient (Wildman–Crippen LogP) is 1.97. The summed E-state index contributed by atoms with van der Waals surface area (Å²) in [5, 5.41) is 9.56. The number of rotatable bonds is 2. The molecule has 7 atom stereocenters. The molecule has 0 bridgehead atoms. The number of fused-ring (bicyclic) bond motifs is 5. The number of carbonyl (C=O) groups is 2. The molecule has 0 aromatic heterocycles. The maximum absolute atomic E-state index is 11.9. The van der Waals surface area contributed by atoms with Gasteiger partial charge in [-0.15, -0.1) is 0 Å². The van der Waals surface area contributed by atoms with Crippen LogP contribution in [0.5, 0.6) is 0 Å². The summed E-state index contributed by atoms with van der Waals surface area (Å²) in [6.45, 7) is 6.72. The number of ketones is 1. The van der Waals surface area contributed by atoms with Crippen LogP contribution in [0.25, 0.3) is 0 Å². The third kappa shape index (κ3) is 3.06. The molecule has 4 aliphatic rings. The summed E-state index contributed by atoms with van der Waals surface area (Å²) in [7, 11) is 0. The molecule has 26 heavy (non-hydrogen) atoms. The minimum absolute atomic E-state index is 0. The number of aliphatic carboxylic acids is 1. The Morgan fingerprint density at radius 1 is 1.15 bits per heavy atom. The number of allylic oxidation sites excluding steroid dienone is 1. The van der Waals surface area contributed by atoms with E-state index < -0.39 is 5.97 Å². The fourth-order valence-electron chi connectivity index (χ4n) is 7.59. The first-order valence-corrected chi connectivity index (χ1v) is 10.2. The summed E-state index contributed by atoms with van der Waals surface area (Å²) in [6, 6.07) is 0. The largest absolute Gasteiger partial charge is 1.00 e. The molecule has 3 nitrogen and oxygen atoms in total. The van der Waals surface area contributed by atoms with E-state index in [0.29, 0.717) is 30.0 Å². The Balaban J connectivity index is 0.00000131. The average Bonchev–Trinajstić information content (AvgIpc) is 2.92. The van der Waals surface area contributed by atoms with Crippen molar-refractivity contribution in [3.8, 4) is 0 Å². The molecule has 0 aromatic carbocycles. The first-order chi connectivity index (χ1) is 11.8. The van der Waals surface area contributed by atoms with Gasteiger partial charge in [-0.1, -0.05) is 26.3 Å². The van der Waals surface area contributed by atoms with E-state index in [-0.39, 0.29) is 69.6 Å². The van der Waals surface area contributed by atoms with Crippen LogP contribution in [-0.2, 0) is 9.59 Å². The number of carbonyl (C=O) groups excluding carboxylic acids is 1. The third-order valence-electron chi connectivity index (χ3n) is 9.03. The Morgan fingerprint density at radius 3 is 2.58 bits per heavy atom. The van der Waals surface area contributed by atoms with Gasteiger partial charge in [0.25, 0.3) is 0 Å². The number of hydrogen-bond donors (Lipinski definition) is 1. The van der Waals surface area contributed by atoms with Crippen molar-refractivity contribution in [2.24, 2.45) is 40.4 Å². The van der Waals surface area contributed by atoms with Gasteiger partial charge < -0.3 is 6.53 Å². The molecule has 4 aliphatic carbocycles. The molecule has 0 heterocycles. The van der Waals surface area contributed by atoms with Crippen LogP contribution in [0.15, 0.2) is 11.6 Å². The first-order valence-electron chi connectivity index (χ1n) is 10.2. The Kier molecular flexibility index (Phi) is 6.04. The van der Waals surface area contributed by atoms with E-state index in [2.05, 4.69) is 13.8 Å². The van der Waals surface area contributed by atoms with Crippen LogP contribution < -0.4 is 51.4 Å². The maximum atomic E-state index is 11.9. The molecule has 0 unspecified atom stereocenters. The van der Waals surface area contributed by atoms with Crippen molar-refractivity contribution in [1.29, 1.82) is 0 Å². The molecule has 4 heteroatoms. The number of hydrogen-bond acceptors (Lipinski definition) is 2. The van der Waals surface area contributed by atoms with Crippen LogP contribution in [0.2, 0.25) is 0 Å². The number of carboxylic acids is 1. The van der Waals surface area contributed by atoms with Gasteiger partial charge in [0.05, 0.1) is 5.92 Å². The van der Waals surface area contributed by atoms with Crippen molar-refractivity contribution >= 4 is 11.8 Å². The fraction of sp³-hybridized carbons (Fsp3) is 0.818. The van der Waals surface area contributed by atoms with Gasteiger partial charge in [0.15, 0.2) is 5.78 Å². The van der Waals surface area contributed by atoms with Crippen molar-refractivity contribution in [2.45, 2.75) is 72.1 Å². The van der Waals surface area contributed by atoms with E-state index in [1.165, 1.54) is 24.8 Å². The van der Waals surface area contributed by atoms with E-state index in [0.717, 1.165) is 31.6 Å². The zero-order chi connectivity index (χ0) is 18.0. The Morgan fingerprint density at radius 2 is 1.88 bits per heavy atom. The van der Waals surface area contributed by atoms with Crippen LogP contribution in [0, 0.1) is 40.4 Å². The summed E-state index contributed by atoms with van der Waals surface area (Å²) in [5.74, 6) is 1.89. The van der Waals surface area contributed by atoms with Gasteiger partial charge in [-0.25, -0.2) is 0 Å². The van der Waals surface area contributed by atoms with Crippen molar-refractivity contribution in [1.82, 2.24) is 0 Å². The maximum Gasteiger partial charge on any atom is 1.00 e. The molecule has 1 N–H and O–H groups in total. The van der Waals surface area contributed by atoms with Crippen LogP contribution in [0.4, 0.5) is 0 Å². The van der Waals surface area contributed by atoms with Crippen molar-refractivity contribution < 1.29 is 67.5 Å². The molecule has 0 aliphatic heterocycles. The quantitative estimate of drug-likeness (QED) is 0.741. The van der Waals surface area contributed by atoms with Gasteiger partial charge in [0.2, 0.25) is 0 Å². The normalized spacial score (nSPS) is 45.5. The Labute approximate surface area is 201 Å². The fourth-order valence-corrected chi connectivity index (χ4v) is 7.59. The minimum Gasteiger partial charge on any atom is -1.00 e. The van der Waals surface area contributed by atoms with Crippen molar-refractivity contribution in [2.75, 3.05) is 0 Å². The predicted molar refractivity (Wildman–Crippen MR) is 98.1 cm³/mol. The van der Waals surface area contributed by atoms with Crippen LogP contribution in [-0.4, -0.2) is 16.9 Å². The van der Waals surface area contributed by atoms with Crippen molar-refractivity contribution in [3.63, 3.8) is 0 Å². The van der Waals surface area contributed by atoms with Crippen LogP contribution in [0.3, 0.4) is 0 Å². The molecule has 3 saturated carbocycles. The van der Waals surface area contributed by atoms with E-state index in [9.17, 15) is 14.7 Å². The molecule has 0 spiro atoms. The van der Waals surface area contributed by atoms with E-state index in [1.807, 2.05) is 13.0 Å². The molecule has 0 amide bonds. The van der Waals surface area contributed by atoms with Crippen molar-refractivity contribution in [3.05, 3.63) is 11.6 Å². The second-order valence-corrected chi connectivity index (χ2v) is 9.82. The second kappa shape index (κ2) is 7.40. The Hall–Kier alpha value is 0.516. The molecule has 3 fully saturated rings. The zero-order valence-electron chi connectivity index (χ0n) is 17.9. The minimum atomic E-state index is -0.624. The molecule has 0 saturated heterocycles. The summed E-state index contributed by atoms with van der Waals surface area (Å²) in [4.78, 5) is 23.5. The van der Waals surface area contributed by atoms with Gasteiger partial charge >= 0.3 is 57.4 Å². The molecular weight excluding hydrogens is 351 g/mol. The number of carboxylic acid groups (broad SMARTS) is 1. The molecular formula is C22H33KO3. The summed E-state index contributed by atoms with van der Waals surface area (Å²) >= 11 is 0. The molecule has 0 aromatic rings. The third-order valence-corrected chi connectivity index (χ3v) is 9.03. The Bertz CT molecular complexity index is 647. The summed E-state index contributed by atoms with van der Waals surface area (Å²) in [6.07, 6.45) is 10.6. The topological polar surface area (TPSA) is 54.4 Å². The van der Waals surface area contributed by atoms with E-state index in [4.69, 9.17) is 0 Å². The summed E-state index contributed by atoms with van der Waals surface area (Å²) < 4.78 is 0. The first kappa shape index (κ1) is 21.2. The monoisotopic (exact) mass is 384 g/mol. The average molecular weight is 385 g/mol. The van der Waals surface area contributed by atoms with Crippen LogP contribution >= 0.6 is 0 Å². The van der Waals surface area contributed by atoms with Gasteiger partial charge in [0.1, 0.15) is 0 Å². The van der Waals surface area contributed by atoms with Crippen LogP contribution in [0.1, 0.15) is 73.6 Å². The van der Waals surface area contributed by atoms with Gasteiger partial charge in [-0.05, 0) is 85.5 Å². The van der Waals surface area contributed by atoms with E-state index in [1.54, 1.807) is 0 Å². The SMILES string of the molecule is C[C@H](C(=O)O)[C@H]1CC[C@H]2[C@@H]3CCC4=CC(=O)CC[C@]4(C)[C@H]3CC[C@]12C.[H-].[K+]. The smallest absolute Gasteiger partial charge is 1.00 e. The second-order valence-electron chi connectivity index (χ2n) is 9.82. The van der Waals surface area contributed by atoms with Gasteiger partial charge in [-0.3, -0.25) is 9.59 Å². The molecule has 140 valence electrons. The standard InChI is InChI=1S/C22H32O3.K.H/c1-13(20(24)25)17-6-7-18-16-5-4-14-12-15(23)8-10-21(14,2)19(16)9-11-22(17,18)3;;/h12-13,16-19H,4-11H2,1-3H3,(H,24,25);;/q;+1;-1/t13-,16-,17+,18-,19-,21-,22+;;/m0../s1. The molecule has 0 radical (unpaired) electrons.